The molecule has 0 spiro atoms. The Balaban J connectivity index is 2.11. The first-order chi connectivity index (χ1) is 10.5. The van der Waals surface area contributed by atoms with E-state index in [1.807, 2.05) is 39.8 Å². The van der Waals surface area contributed by atoms with E-state index in [1.54, 1.807) is 4.90 Å². The molecule has 1 rings (SSSR count). The number of rotatable bonds is 8. The normalized spacial score (nSPS) is 19.1. The van der Waals surface area contributed by atoms with Gasteiger partial charge in [-0.25, -0.2) is 4.79 Å². The molecule has 0 bridgehead atoms. The van der Waals surface area contributed by atoms with Crippen LogP contribution in [0, 0.1) is 0 Å². The average molecular weight is 313 g/mol. The van der Waals surface area contributed by atoms with Crippen molar-refractivity contribution in [2.75, 3.05) is 19.8 Å². The summed E-state index contributed by atoms with van der Waals surface area (Å²) >= 11 is 0. The van der Waals surface area contributed by atoms with Crippen molar-refractivity contribution in [2.24, 2.45) is 0 Å². The van der Waals surface area contributed by atoms with Crippen molar-refractivity contribution in [3.8, 4) is 0 Å². The smallest absolute Gasteiger partial charge is 0.410 e. The second-order valence-corrected chi connectivity index (χ2v) is 6.10. The maximum atomic E-state index is 12.0. The molecule has 1 aliphatic rings. The van der Waals surface area contributed by atoms with Crippen LogP contribution in [0.5, 0.6) is 0 Å². The Morgan fingerprint density at radius 2 is 1.95 bits per heavy atom. The maximum absolute atomic E-state index is 12.0. The number of ether oxygens (including phenoxy) is 3. The minimum absolute atomic E-state index is 0.0365. The number of carbonyl (C=O) groups excluding carboxylic acids is 1. The van der Waals surface area contributed by atoms with Gasteiger partial charge in [0.05, 0.1) is 6.61 Å². The predicted molar refractivity (Wildman–Crippen MR) is 86.8 cm³/mol. The zero-order valence-electron chi connectivity index (χ0n) is 14.4. The minimum Gasteiger partial charge on any atom is -0.445 e. The van der Waals surface area contributed by atoms with Crippen LogP contribution in [0.2, 0.25) is 0 Å². The lowest BCUT2D eigenvalue weighted by Crippen LogP contribution is -2.42. The first kappa shape index (κ1) is 19.0. The highest BCUT2D eigenvalue weighted by Gasteiger charge is 2.20. The third kappa shape index (κ3) is 7.27. The number of hydrogen-bond donors (Lipinski definition) is 0. The van der Waals surface area contributed by atoms with Crippen LogP contribution in [0.4, 0.5) is 4.79 Å². The molecule has 1 amide bonds. The molecule has 1 atom stereocenters. The van der Waals surface area contributed by atoms with Crippen LogP contribution in [0.15, 0.2) is 12.2 Å². The van der Waals surface area contributed by atoms with Gasteiger partial charge in [-0.1, -0.05) is 12.2 Å². The van der Waals surface area contributed by atoms with Crippen LogP contribution >= 0.6 is 0 Å². The van der Waals surface area contributed by atoms with Gasteiger partial charge in [0.25, 0.3) is 0 Å². The van der Waals surface area contributed by atoms with Gasteiger partial charge in [0.1, 0.15) is 6.61 Å². The lowest BCUT2D eigenvalue weighted by atomic mass is 10.2. The summed E-state index contributed by atoms with van der Waals surface area (Å²) < 4.78 is 16.4. The first-order valence-corrected chi connectivity index (χ1v) is 8.35. The highest BCUT2D eigenvalue weighted by atomic mass is 16.7. The number of hydrogen-bond acceptors (Lipinski definition) is 4. The van der Waals surface area contributed by atoms with Gasteiger partial charge >= 0.3 is 6.09 Å². The summed E-state index contributed by atoms with van der Waals surface area (Å²) in [7, 11) is 0. The maximum Gasteiger partial charge on any atom is 0.410 e. The van der Waals surface area contributed by atoms with E-state index in [9.17, 15) is 4.79 Å². The highest BCUT2D eigenvalue weighted by molar-refractivity contribution is 5.68. The van der Waals surface area contributed by atoms with E-state index < -0.39 is 0 Å². The lowest BCUT2D eigenvalue weighted by Gasteiger charge is -2.29. The lowest BCUT2D eigenvalue weighted by molar-refractivity contribution is -0.161. The molecule has 22 heavy (non-hydrogen) atoms. The Hall–Kier alpha value is -1.07. The summed E-state index contributed by atoms with van der Waals surface area (Å²) in [5, 5.41) is 0. The molecule has 0 aliphatic carbocycles. The van der Waals surface area contributed by atoms with Crippen molar-refractivity contribution < 1.29 is 19.0 Å². The molecule has 1 unspecified atom stereocenters. The standard InChI is InChI=1S/C17H31NO4/c1-14(2)18(15(3)4)17(19)22-13-8-5-7-11-20-16-10-6-9-12-21-16/h5,8,14-16H,6-7,9-13H2,1-4H3/b8-5+. The summed E-state index contributed by atoms with van der Waals surface area (Å²) in [5.74, 6) is 0. The second-order valence-electron chi connectivity index (χ2n) is 6.10. The average Bonchev–Trinajstić information content (AvgIpc) is 2.46. The Labute approximate surface area is 134 Å². The second kappa shape index (κ2) is 10.6. The van der Waals surface area contributed by atoms with Crippen molar-refractivity contribution in [3.05, 3.63) is 12.2 Å². The van der Waals surface area contributed by atoms with E-state index >= 15 is 0 Å². The molecule has 0 aromatic rings. The minimum atomic E-state index is -0.262. The zero-order valence-corrected chi connectivity index (χ0v) is 14.4. The highest BCUT2D eigenvalue weighted by Crippen LogP contribution is 2.13. The third-order valence-corrected chi connectivity index (χ3v) is 3.52. The first-order valence-electron chi connectivity index (χ1n) is 8.35. The summed E-state index contributed by atoms with van der Waals surface area (Å²) in [6, 6.07) is 0.278. The molecule has 0 radical (unpaired) electrons. The number of carbonyl (C=O) groups is 1. The molecule has 0 aromatic carbocycles. The summed E-state index contributed by atoms with van der Waals surface area (Å²) in [6.07, 6.45) is 7.64. The Morgan fingerprint density at radius 1 is 1.23 bits per heavy atom. The molecule has 1 aliphatic heterocycles. The monoisotopic (exact) mass is 313 g/mol. The van der Waals surface area contributed by atoms with E-state index in [2.05, 4.69) is 0 Å². The van der Waals surface area contributed by atoms with Crippen LogP contribution in [0.3, 0.4) is 0 Å². The van der Waals surface area contributed by atoms with Gasteiger partial charge in [-0.15, -0.1) is 0 Å². The molecule has 5 nitrogen and oxygen atoms in total. The van der Waals surface area contributed by atoms with Gasteiger partial charge in [-0.05, 0) is 53.4 Å². The van der Waals surface area contributed by atoms with E-state index in [0.717, 1.165) is 25.9 Å². The van der Waals surface area contributed by atoms with E-state index in [4.69, 9.17) is 14.2 Å². The Bertz CT molecular complexity index is 328. The van der Waals surface area contributed by atoms with Crippen LogP contribution in [0.25, 0.3) is 0 Å². The summed E-state index contributed by atoms with van der Waals surface area (Å²) in [5.41, 5.74) is 0. The van der Waals surface area contributed by atoms with Crippen molar-refractivity contribution in [1.82, 2.24) is 4.90 Å². The van der Waals surface area contributed by atoms with E-state index in [1.165, 1.54) is 6.42 Å². The van der Waals surface area contributed by atoms with Crippen LogP contribution in [-0.2, 0) is 14.2 Å². The molecule has 128 valence electrons. The number of nitrogens with zero attached hydrogens (tertiary/aromatic N) is 1. The van der Waals surface area contributed by atoms with Crippen molar-refractivity contribution in [2.45, 2.75) is 71.8 Å². The number of amides is 1. The zero-order chi connectivity index (χ0) is 16.4. The molecule has 5 heteroatoms. The third-order valence-electron chi connectivity index (χ3n) is 3.52. The largest absolute Gasteiger partial charge is 0.445 e. The fraction of sp³-hybridized carbons (Fsp3) is 0.824. The topological polar surface area (TPSA) is 48.0 Å². The van der Waals surface area contributed by atoms with Gasteiger partial charge in [0.15, 0.2) is 6.29 Å². The van der Waals surface area contributed by atoms with Gasteiger partial charge in [-0.2, -0.15) is 0 Å². The predicted octanol–water partition coefficient (Wildman–Crippen LogP) is 3.73. The van der Waals surface area contributed by atoms with E-state index in [-0.39, 0.29) is 24.5 Å². The molecule has 1 heterocycles. The summed E-state index contributed by atoms with van der Waals surface area (Å²) in [6.45, 7) is 9.69. The molecule has 1 saturated heterocycles. The van der Waals surface area contributed by atoms with Gasteiger partial charge in [0.2, 0.25) is 0 Å². The molecule has 0 saturated carbocycles. The Kier molecular flexibility index (Phi) is 9.16. The molecule has 0 N–H and O–H groups in total. The van der Waals surface area contributed by atoms with Crippen LogP contribution in [-0.4, -0.2) is 49.2 Å². The van der Waals surface area contributed by atoms with Crippen molar-refractivity contribution in [3.63, 3.8) is 0 Å². The summed E-state index contributed by atoms with van der Waals surface area (Å²) in [4.78, 5) is 13.7. The quantitative estimate of drug-likeness (QED) is 0.506. The molecular weight excluding hydrogens is 282 g/mol. The fourth-order valence-electron chi connectivity index (χ4n) is 2.51. The van der Waals surface area contributed by atoms with Gasteiger partial charge in [0, 0.05) is 18.7 Å². The molecule has 0 aromatic heterocycles. The molecule has 1 fully saturated rings. The van der Waals surface area contributed by atoms with E-state index in [0.29, 0.717) is 13.2 Å². The molecular formula is C17H31NO4. The van der Waals surface area contributed by atoms with Crippen molar-refractivity contribution >= 4 is 6.09 Å². The fourth-order valence-corrected chi connectivity index (χ4v) is 2.51. The van der Waals surface area contributed by atoms with Gasteiger partial charge in [-0.3, -0.25) is 0 Å². The van der Waals surface area contributed by atoms with Gasteiger partial charge < -0.3 is 19.1 Å². The van der Waals surface area contributed by atoms with Crippen LogP contribution in [0.1, 0.15) is 53.4 Å². The Morgan fingerprint density at radius 3 is 2.55 bits per heavy atom. The van der Waals surface area contributed by atoms with Crippen molar-refractivity contribution in [1.29, 1.82) is 0 Å². The van der Waals surface area contributed by atoms with Crippen LogP contribution < -0.4 is 0 Å². The SMILES string of the molecule is CC(C)N(C(=O)OC/C=C/CCOC1CCCCO1)C(C)C.